The molecule has 2 saturated heterocycles. The van der Waals surface area contributed by atoms with Gasteiger partial charge in [0.05, 0.1) is 10.3 Å². The molecule has 2 aliphatic heterocycles. The lowest BCUT2D eigenvalue weighted by Gasteiger charge is -2.32. The van der Waals surface area contributed by atoms with E-state index in [1.165, 1.54) is 10.4 Å². The highest BCUT2D eigenvalue weighted by atomic mass is 35.5. The van der Waals surface area contributed by atoms with Gasteiger partial charge in [-0.05, 0) is 43.4 Å². The number of carbonyl (C=O) groups excluding carboxylic acids is 2. The molecular formula is C20H26Cl2N4O6S. The zero-order chi connectivity index (χ0) is 24.3. The fraction of sp³-hybridized carbons (Fsp3) is 0.550. The molecule has 0 spiro atoms. The maximum absolute atomic E-state index is 13.2. The number of aryl methyl sites for hydroxylation is 1. The van der Waals surface area contributed by atoms with E-state index < -0.39 is 38.6 Å². The summed E-state index contributed by atoms with van der Waals surface area (Å²) in [5, 5.41) is 11.1. The number of piperidine rings is 1. The zero-order valence-corrected chi connectivity index (χ0v) is 20.3. The number of carboxylic acid groups (broad SMARTS) is 1. The number of nitrogens with one attached hydrogen (secondary N) is 2. The van der Waals surface area contributed by atoms with Gasteiger partial charge in [0.2, 0.25) is 15.9 Å². The Morgan fingerprint density at radius 2 is 1.91 bits per heavy atom. The first-order valence-corrected chi connectivity index (χ1v) is 12.8. The van der Waals surface area contributed by atoms with Gasteiger partial charge >= 0.3 is 5.97 Å². The largest absolute Gasteiger partial charge is 0.481 e. The predicted octanol–water partition coefficient (Wildman–Crippen LogP) is 1.37. The van der Waals surface area contributed by atoms with Crippen molar-refractivity contribution >= 4 is 56.7 Å². The van der Waals surface area contributed by atoms with Crippen LogP contribution in [0.15, 0.2) is 23.1 Å². The highest BCUT2D eigenvalue weighted by Crippen LogP contribution is 2.28. The van der Waals surface area contributed by atoms with Gasteiger partial charge in [-0.1, -0.05) is 6.07 Å². The summed E-state index contributed by atoms with van der Waals surface area (Å²) in [4.78, 5) is 35.6. The van der Waals surface area contributed by atoms with Gasteiger partial charge in [0, 0.05) is 31.7 Å². The van der Waals surface area contributed by atoms with E-state index in [1.807, 2.05) is 0 Å². The lowest BCUT2D eigenvalue weighted by Crippen LogP contribution is -2.58. The third-order valence-electron chi connectivity index (χ3n) is 5.72. The SMILES string of the molecule is Cc1ccc(NC(=O)CN2NCC(Cl)C(Cl)C2=O)cc1S(=O)(=O)N1CCC(CC(=O)O)CC1. The summed E-state index contributed by atoms with van der Waals surface area (Å²) in [6.07, 6.45) is 0.976. The first kappa shape index (κ1) is 25.7. The van der Waals surface area contributed by atoms with E-state index >= 15 is 0 Å². The zero-order valence-electron chi connectivity index (χ0n) is 18.0. The number of benzene rings is 1. The van der Waals surface area contributed by atoms with Crippen molar-refractivity contribution < 1.29 is 27.9 Å². The number of nitrogens with zero attached hydrogens (tertiary/aromatic N) is 2. The number of hydrazine groups is 1. The molecule has 0 saturated carbocycles. The third-order valence-corrected chi connectivity index (χ3v) is 8.79. The van der Waals surface area contributed by atoms with Gasteiger partial charge in [0.15, 0.2) is 0 Å². The van der Waals surface area contributed by atoms with Gasteiger partial charge in [-0.15, -0.1) is 23.2 Å². The number of hydrogen-bond donors (Lipinski definition) is 3. The molecule has 2 fully saturated rings. The number of hydrogen-bond acceptors (Lipinski definition) is 6. The van der Waals surface area contributed by atoms with Crippen molar-refractivity contribution in [3.63, 3.8) is 0 Å². The molecule has 0 radical (unpaired) electrons. The number of carbonyl (C=O) groups is 3. The summed E-state index contributed by atoms with van der Waals surface area (Å²) in [7, 11) is -3.83. The number of sulfonamides is 1. The second-order valence-electron chi connectivity index (χ2n) is 8.18. The maximum Gasteiger partial charge on any atom is 0.303 e. The predicted molar refractivity (Wildman–Crippen MR) is 123 cm³/mol. The minimum absolute atomic E-state index is 0.0266. The lowest BCUT2D eigenvalue weighted by atomic mass is 9.95. The van der Waals surface area contributed by atoms with E-state index in [1.54, 1.807) is 19.1 Å². The van der Waals surface area contributed by atoms with Crippen molar-refractivity contribution in [2.75, 3.05) is 31.5 Å². The topological polar surface area (TPSA) is 136 Å². The molecule has 2 aliphatic rings. The smallest absolute Gasteiger partial charge is 0.303 e. The van der Waals surface area contributed by atoms with Gasteiger partial charge in [0.1, 0.15) is 11.9 Å². The fourth-order valence-electron chi connectivity index (χ4n) is 3.86. The summed E-state index contributed by atoms with van der Waals surface area (Å²) in [6.45, 7) is 2.04. The quantitative estimate of drug-likeness (QED) is 0.461. The Hall–Kier alpha value is -1.92. The molecule has 3 N–H and O–H groups in total. The van der Waals surface area contributed by atoms with E-state index in [2.05, 4.69) is 10.7 Å². The van der Waals surface area contributed by atoms with Crippen LogP contribution < -0.4 is 10.7 Å². The fourth-order valence-corrected chi connectivity index (χ4v) is 5.96. The van der Waals surface area contributed by atoms with Crippen LogP contribution in [-0.4, -0.2) is 77.6 Å². The molecule has 0 bridgehead atoms. The Morgan fingerprint density at radius 1 is 1.24 bits per heavy atom. The number of halogens is 2. The van der Waals surface area contributed by atoms with Crippen molar-refractivity contribution in [3.05, 3.63) is 23.8 Å². The third kappa shape index (κ3) is 6.15. The first-order chi connectivity index (χ1) is 15.5. The van der Waals surface area contributed by atoms with E-state index in [9.17, 15) is 22.8 Å². The van der Waals surface area contributed by atoms with Crippen molar-refractivity contribution in [1.82, 2.24) is 14.7 Å². The number of alkyl halides is 2. The second kappa shape index (κ2) is 10.6. The number of amides is 2. The Labute approximate surface area is 202 Å². The molecule has 2 amide bonds. The number of rotatable bonds is 7. The standard InChI is InChI=1S/C20H26Cl2N4O6S/c1-12-2-3-14(24-17(27)11-26-20(30)19(22)15(21)10-23-26)9-16(12)33(31,32)25-6-4-13(5-7-25)8-18(28)29/h2-3,9,13,15,19,23H,4-8,10-11H2,1H3,(H,24,27)(H,28,29). The molecule has 3 rings (SSSR count). The molecule has 2 atom stereocenters. The number of aliphatic carboxylic acids is 1. The number of anilines is 1. The molecule has 2 heterocycles. The van der Waals surface area contributed by atoms with Crippen molar-refractivity contribution in [3.8, 4) is 0 Å². The summed E-state index contributed by atoms with van der Waals surface area (Å²) < 4.78 is 27.8. The average Bonchev–Trinajstić information content (AvgIpc) is 2.75. The van der Waals surface area contributed by atoms with Crippen LogP contribution in [0.4, 0.5) is 5.69 Å². The summed E-state index contributed by atoms with van der Waals surface area (Å²) >= 11 is 11.9. The van der Waals surface area contributed by atoms with Crippen molar-refractivity contribution in [2.24, 2.45) is 5.92 Å². The second-order valence-corrected chi connectivity index (χ2v) is 11.1. The molecule has 10 nitrogen and oxygen atoms in total. The lowest BCUT2D eigenvalue weighted by molar-refractivity contribution is -0.139. The Bertz CT molecular complexity index is 1030. The molecule has 0 aromatic heterocycles. The maximum atomic E-state index is 13.2. The summed E-state index contributed by atoms with van der Waals surface area (Å²) in [6, 6.07) is 4.56. The van der Waals surface area contributed by atoms with Gasteiger partial charge < -0.3 is 10.4 Å². The van der Waals surface area contributed by atoms with E-state index in [4.69, 9.17) is 28.3 Å². The Kier molecular flexibility index (Phi) is 8.22. The molecule has 1 aromatic rings. The molecular weight excluding hydrogens is 495 g/mol. The molecule has 13 heteroatoms. The highest BCUT2D eigenvalue weighted by molar-refractivity contribution is 7.89. The van der Waals surface area contributed by atoms with Crippen molar-refractivity contribution in [1.29, 1.82) is 0 Å². The minimum Gasteiger partial charge on any atom is -0.481 e. The summed E-state index contributed by atoms with van der Waals surface area (Å²) in [5.74, 6) is -1.99. The molecule has 182 valence electrons. The van der Waals surface area contributed by atoms with Crippen LogP contribution >= 0.6 is 23.2 Å². The van der Waals surface area contributed by atoms with Crippen LogP contribution in [0.2, 0.25) is 0 Å². The van der Waals surface area contributed by atoms with Crippen LogP contribution in [0.25, 0.3) is 0 Å². The molecule has 0 aliphatic carbocycles. The van der Waals surface area contributed by atoms with Crippen LogP contribution in [0.3, 0.4) is 0 Å². The normalized spacial score (nSPS) is 22.9. The van der Waals surface area contributed by atoms with Crippen molar-refractivity contribution in [2.45, 2.75) is 41.8 Å². The Morgan fingerprint density at radius 3 is 2.55 bits per heavy atom. The Balaban J connectivity index is 1.67. The van der Waals surface area contributed by atoms with E-state index in [0.29, 0.717) is 18.4 Å². The van der Waals surface area contributed by atoms with Crippen LogP contribution in [-0.2, 0) is 24.4 Å². The van der Waals surface area contributed by atoms with Crippen LogP contribution in [0, 0.1) is 12.8 Å². The first-order valence-electron chi connectivity index (χ1n) is 10.4. The van der Waals surface area contributed by atoms with Crippen LogP contribution in [0.5, 0.6) is 0 Å². The van der Waals surface area contributed by atoms with Gasteiger partial charge in [-0.25, -0.2) is 13.8 Å². The summed E-state index contributed by atoms with van der Waals surface area (Å²) in [5.41, 5.74) is 3.53. The highest BCUT2D eigenvalue weighted by Gasteiger charge is 2.35. The molecule has 1 aromatic carbocycles. The van der Waals surface area contributed by atoms with Gasteiger partial charge in [-0.3, -0.25) is 19.4 Å². The molecule has 33 heavy (non-hydrogen) atoms. The minimum atomic E-state index is -3.83. The van der Waals surface area contributed by atoms with Crippen LogP contribution in [0.1, 0.15) is 24.8 Å². The van der Waals surface area contributed by atoms with Gasteiger partial charge in [-0.2, -0.15) is 4.31 Å². The number of carboxylic acids is 1. The monoisotopic (exact) mass is 520 g/mol. The van der Waals surface area contributed by atoms with Gasteiger partial charge in [0.25, 0.3) is 5.91 Å². The van der Waals surface area contributed by atoms with E-state index in [-0.39, 0.29) is 49.1 Å². The average molecular weight is 521 g/mol. The molecule has 2 unspecified atom stereocenters. The van der Waals surface area contributed by atoms with E-state index in [0.717, 1.165) is 5.01 Å².